The monoisotopic (exact) mass is 369 g/mol. The zero-order chi connectivity index (χ0) is 18.8. The summed E-state index contributed by atoms with van der Waals surface area (Å²) in [7, 11) is 3.94. The zero-order valence-electron chi connectivity index (χ0n) is 16.1. The molecule has 27 heavy (non-hydrogen) atoms. The molecule has 2 aromatic rings. The maximum absolute atomic E-state index is 13.0. The number of hydrogen-bond donors (Lipinski definition) is 0. The van der Waals surface area contributed by atoms with Crippen molar-refractivity contribution in [1.82, 2.24) is 20.0 Å². The fraction of sp³-hybridized carbons (Fsp3) is 0.550. The van der Waals surface area contributed by atoms with Gasteiger partial charge in [-0.25, -0.2) is 0 Å². The Morgan fingerprint density at radius 1 is 1.15 bits per heavy atom. The lowest BCUT2D eigenvalue weighted by Crippen LogP contribution is -2.44. The number of carbonyl (C=O) groups is 1. The van der Waals surface area contributed by atoms with E-state index in [1.807, 2.05) is 23.9 Å². The average molecular weight is 369 g/mol. The number of rotatable bonds is 4. The number of piperidine rings is 1. The molecule has 7 nitrogen and oxygen atoms in total. The fourth-order valence-corrected chi connectivity index (χ4v) is 3.97. The second kappa shape index (κ2) is 7.68. The van der Waals surface area contributed by atoms with E-state index in [2.05, 4.69) is 39.4 Å². The molecule has 1 fully saturated rings. The summed E-state index contributed by atoms with van der Waals surface area (Å²) in [4.78, 5) is 19.1. The lowest BCUT2D eigenvalue weighted by molar-refractivity contribution is -0.137. The first-order valence-corrected chi connectivity index (χ1v) is 9.68. The third-order valence-corrected chi connectivity index (χ3v) is 5.46. The first-order valence-electron chi connectivity index (χ1n) is 9.68. The molecule has 4 rings (SSSR count). The highest BCUT2D eigenvalue weighted by Gasteiger charge is 2.31. The first kappa shape index (κ1) is 18.0. The molecule has 0 aliphatic carbocycles. The molecule has 0 unspecified atom stereocenters. The van der Waals surface area contributed by atoms with E-state index < -0.39 is 0 Å². The van der Waals surface area contributed by atoms with Crippen LogP contribution in [0.5, 0.6) is 0 Å². The summed E-state index contributed by atoms with van der Waals surface area (Å²) in [6.45, 7) is 3.77. The maximum Gasteiger partial charge on any atom is 0.318 e. The van der Waals surface area contributed by atoms with Crippen molar-refractivity contribution in [2.75, 3.05) is 38.6 Å². The second-order valence-electron chi connectivity index (χ2n) is 7.76. The van der Waals surface area contributed by atoms with E-state index in [9.17, 15) is 4.79 Å². The molecule has 2 aliphatic rings. The third-order valence-electron chi connectivity index (χ3n) is 5.46. The van der Waals surface area contributed by atoms with Crippen LogP contribution in [-0.4, -0.2) is 59.6 Å². The minimum absolute atomic E-state index is 0.0932. The molecule has 144 valence electrons. The van der Waals surface area contributed by atoms with Crippen molar-refractivity contribution in [2.45, 2.75) is 32.4 Å². The van der Waals surface area contributed by atoms with Crippen molar-refractivity contribution in [3.63, 3.8) is 0 Å². The van der Waals surface area contributed by atoms with E-state index in [1.165, 1.54) is 11.1 Å². The molecule has 0 radical (unpaired) electrons. The molecule has 1 aromatic carbocycles. The van der Waals surface area contributed by atoms with Gasteiger partial charge in [-0.1, -0.05) is 29.4 Å². The van der Waals surface area contributed by atoms with Crippen LogP contribution in [0.15, 0.2) is 28.7 Å². The van der Waals surface area contributed by atoms with Crippen LogP contribution >= 0.6 is 0 Å². The summed E-state index contributed by atoms with van der Waals surface area (Å²) >= 11 is 0. The van der Waals surface area contributed by atoms with Crippen LogP contribution in [0.4, 0.5) is 6.01 Å². The molecule has 3 heterocycles. The lowest BCUT2D eigenvalue weighted by atomic mass is 9.93. The van der Waals surface area contributed by atoms with Gasteiger partial charge < -0.3 is 19.1 Å². The highest BCUT2D eigenvalue weighted by molar-refractivity contribution is 5.79. The lowest BCUT2D eigenvalue weighted by Gasteiger charge is -2.35. The smallest absolute Gasteiger partial charge is 0.318 e. The molecular weight excluding hydrogens is 342 g/mol. The normalized spacial score (nSPS) is 18.0. The highest BCUT2D eigenvalue weighted by atomic mass is 16.4. The van der Waals surface area contributed by atoms with Crippen LogP contribution in [0.25, 0.3) is 0 Å². The van der Waals surface area contributed by atoms with Crippen LogP contribution in [-0.2, 0) is 24.3 Å². The van der Waals surface area contributed by atoms with Crippen LogP contribution in [0.2, 0.25) is 0 Å². The summed E-state index contributed by atoms with van der Waals surface area (Å²) in [5.74, 6) is 1.01. The van der Waals surface area contributed by atoms with E-state index in [-0.39, 0.29) is 5.92 Å². The Labute approximate surface area is 159 Å². The molecule has 1 aromatic heterocycles. The molecular formula is C20H27N5O2. The second-order valence-corrected chi connectivity index (χ2v) is 7.76. The van der Waals surface area contributed by atoms with E-state index in [1.54, 1.807) is 0 Å². The summed E-state index contributed by atoms with van der Waals surface area (Å²) in [6, 6.07) is 9.01. The van der Waals surface area contributed by atoms with Gasteiger partial charge in [-0.15, -0.1) is 5.10 Å². The van der Waals surface area contributed by atoms with Gasteiger partial charge in [0, 0.05) is 32.1 Å². The molecule has 2 aliphatic heterocycles. The summed E-state index contributed by atoms with van der Waals surface area (Å²) < 4.78 is 5.75. The van der Waals surface area contributed by atoms with E-state index in [4.69, 9.17) is 4.42 Å². The molecule has 1 amide bonds. The van der Waals surface area contributed by atoms with Crippen LogP contribution in [0, 0.1) is 5.92 Å². The molecule has 0 saturated carbocycles. The Bertz CT molecular complexity index is 795. The fourth-order valence-electron chi connectivity index (χ4n) is 3.97. The Balaban J connectivity index is 1.33. The Morgan fingerprint density at radius 2 is 1.89 bits per heavy atom. The molecule has 0 bridgehead atoms. The molecule has 0 N–H and O–H groups in total. The molecule has 7 heteroatoms. The van der Waals surface area contributed by atoms with Gasteiger partial charge in [0.1, 0.15) is 0 Å². The topological polar surface area (TPSA) is 65.7 Å². The standard InChI is InChI=1S/C20H27N5O2/c1-23(2)14-18-21-22-20(27-18)24-10-8-16(9-11-24)19(26)25-12-7-15-5-3-4-6-17(15)13-25/h3-6,16H,7-14H2,1-2H3. The predicted molar refractivity (Wildman–Crippen MR) is 102 cm³/mol. The third kappa shape index (κ3) is 3.98. The average Bonchev–Trinajstić information content (AvgIpc) is 3.15. The largest absolute Gasteiger partial charge is 0.407 e. The number of aromatic nitrogens is 2. The zero-order valence-corrected chi connectivity index (χ0v) is 16.1. The van der Waals surface area contributed by atoms with Crippen molar-refractivity contribution < 1.29 is 9.21 Å². The first-order chi connectivity index (χ1) is 13.1. The highest BCUT2D eigenvalue weighted by Crippen LogP contribution is 2.26. The number of hydrogen-bond acceptors (Lipinski definition) is 6. The van der Waals surface area contributed by atoms with Crippen LogP contribution < -0.4 is 4.90 Å². The van der Waals surface area contributed by atoms with Crippen molar-refractivity contribution in [3.05, 3.63) is 41.3 Å². The number of nitrogens with zero attached hydrogens (tertiary/aromatic N) is 5. The SMILES string of the molecule is CN(C)Cc1nnc(N2CCC(C(=O)N3CCc4ccccc4C3)CC2)o1. The molecule has 1 saturated heterocycles. The van der Waals surface area contributed by atoms with Crippen molar-refractivity contribution in [2.24, 2.45) is 5.92 Å². The summed E-state index contributed by atoms with van der Waals surface area (Å²) in [5, 5.41) is 8.27. The van der Waals surface area contributed by atoms with Crippen LogP contribution in [0.1, 0.15) is 29.9 Å². The van der Waals surface area contributed by atoms with E-state index in [0.29, 0.717) is 24.4 Å². The van der Waals surface area contributed by atoms with Gasteiger partial charge in [0.2, 0.25) is 11.8 Å². The van der Waals surface area contributed by atoms with Gasteiger partial charge in [-0.05, 0) is 44.5 Å². The predicted octanol–water partition coefficient (Wildman–Crippen LogP) is 1.93. The Kier molecular flexibility index (Phi) is 5.11. The van der Waals surface area contributed by atoms with E-state index in [0.717, 1.165) is 45.4 Å². The van der Waals surface area contributed by atoms with Gasteiger partial charge in [0.05, 0.1) is 6.54 Å². The Morgan fingerprint density at radius 3 is 2.63 bits per heavy atom. The summed E-state index contributed by atoms with van der Waals surface area (Å²) in [6.07, 6.45) is 2.63. The Hall–Kier alpha value is -2.41. The van der Waals surface area contributed by atoms with Gasteiger partial charge in [0.15, 0.2) is 0 Å². The number of benzene rings is 1. The summed E-state index contributed by atoms with van der Waals surface area (Å²) in [5.41, 5.74) is 2.66. The number of anilines is 1. The quantitative estimate of drug-likeness (QED) is 0.821. The van der Waals surface area contributed by atoms with Gasteiger partial charge in [-0.2, -0.15) is 0 Å². The van der Waals surface area contributed by atoms with Crippen molar-refractivity contribution in [3.8, 4) is 0 Å². The molecule has 0 spiro atoms. The minimum Gasteiger partial charge on any atom is -0.407 e. The number of carbonyl (C=O) groups excluding carboxylic acids is 1. The van der Waals surface area contributed by atoms with Crippen molar-refractivity contribution in [1.29, 1.82) is 0 Å². The number of amides is 1. The molecule has 0 atom stereocenters. The van der Waals surface area contributed by atoms with Gasteiger partial charge >= 0.3 is 6.01 Å². The minimum atomic E-state index is 0.0932. The van der Waals surface area contributed by atoms with Crippen LogP contribution in [0.3, 0.4) is 0 Å². The van der Waals surface area contributed by atoms with E-state index >= 15 is 0 Å². The van der Waals surface area contributed by atoms with Gasteiger partial charge in [0.25, 0.3) is 0 Å². The van der Waals surface area contributed by atoms with Crippen molar-refractivity contribution >= 4 is 11.9 Å². The maximum atomic E-state index is 13.0. The number of fused-ring (bicyclic) bond motifs is 1. The van der Waals surface area contributed by atoms with Gasteiger partial charge in [-0.3, -0.25) is 4.79 Å².